The highest BCUT2D eigenvalue weighted by Gasteiger charge is 2.30. The van der Waals surface area contributed by atoms with Gasteiger partial charge in [-0.1, -0.05) is 0 Å². The molecule has 0 aliphatic carbocycles. The van der Waals surface area contributed by atoms with E-state index in [1.807, 2.05) is 18.2 Å². The number of hydrogen-bond acceptors (Lipinski definition) is 4. The first-order valence-electron chi connectivity index (χ1n) is 7.46. The van der Waals surface area contributed by atoms with Crippen LogP contribution in [0.25, 0.3) is 11.0 Å². The van der Waals surface area contributed by atoms with E-state index >= 15 is 0 Å². The van der Waals surface area contributed by atoms with Crippen LogP contribution in [0.3, 0.4) is 0 Å². The summed E-state index contributed by atoms with van der Waals surface area (Å²) in [5.41, 5.74) is 0.423. The Kier molecular flexibility index (Phi) is 4.04. The number of furan rings is 1. The Morgan fingerprint density at radius 2 is 2.18 bits per heavy atom. The van der Waals surface area contributed by atoms with Gasteiger partial charge in [-0.3, -0.25) is 0 Å². The summed E-state index contributed by atoms with van der Waals surface area (Å²) >= 11 is 0. The van der Waals surface area contributed by atoms with Crippen LogP contribution in [-0.4, -0.2) is 46.4 Å². The van der Waals surface area contributed by atoms with Gasteiger partial charge < -0.3 is 24.8 Å². The Morgan fingerprint density at radius 1 is 1.32 bits per heavy atom. The molecule has 1 saturated heterocycles. The third-order valence-corrected chi connectivity index (χ3v) is 4.20. The molecule has 0 radical (unpaired) electrons. The minimum absolute atomic E-state index is 0.190. The van der Waals surface area contributed by atoms with E-state index in [0.29, 0.717) is 38.0 Å². The van der Waals surface area contributed by atoms with Gasteiger partial charge in [-0.2, -0.15) is 0 Å². The molecule has 2 aromatic rings. The molecule has 1 aliphatic rings. The summed E-state index contributed by atoms with van der Waals surface area (Å²) < 4.78 is 5.27. The normalized spacial score (nSPS) is 22.5. The Balaban J connectivity index is 1.66. The minimum Gasteiger partial charge on any atom is -0.464 e. The molecule has 22 heavy (non-hydrogen) atoms. The standard InChI is InChI=1S/C16H20N2O4/c19-11-16(21)5-1-7-18(8-6-16)15(20)17-13-2-3-14-12(10-13)4-9-22-14/h2-4,9-10,19,21H,1,5-8,11H2,(H,17,20)/t16-/m1/s1. The van der Waals surface area contributed by atoms with Crippen LogP contribution in [0.5, 0.6) is 0 Å². The van der Waals surface area contributed by atoms with Crippen molar-refractivity contribution in [3.63, 3.8) is 0 Å². The van der Waals surface area contributed by atoms with E-state index in [0.717, 1.165) is 11.0 Å². The molecule has 2 amide bonds. The molecule has 3 N–H and O–H groups in total. The van der Waals surface area contributed by atoms with Crippen LogP contribution >= 0.6 is 0 Å². The molecule has 0 bridgehead atoms. The van der Waals surface area contributed by atoms with Crippen LogP contribution in [0.1, 0.15) is 19.3 Å². The van der Waals surface area contributed by atoms with Gasteiger partial charge in [0.25, 0.3) is 0 Å². The van der Waals surface area contributed by atoms with Crippen molar-refractivity contribution in [2.24, 2.45) is 0 Å². The van der Waals surface area contributed by atoms with E-state index in [2.05, 4.69) is 5.32 Å². The number of benzene rings is 1. The SMILES string of the molecule is O=C(Nc1ccc2occc2c1)N1CCC[C@](O)(CO)CC1. The molecule has 3 rings (SSSR count). The van der Waals surface area contributed by atoms with Gasteiger partial charge in [0.15, 0.2) is 0 Å². The maximum absolute atomic E-state index is 12.3. The molecule has 6 heteroatoms. The van der Waals surface area contributed by atoms with E-state index in [1.165, 1.54) is 0 Å². The van der Waals surface area contributed by atoms with Gasteiger partial charge in [0.1, 0.15) is 5.58 Å². The molecule has 1 fully saturated rings. The van der Waals surface area contributed by atoms with Crippen molar-refractivity contribution in [3.8, 4) is 0 Å². The summed E-state index contributed by atoms with van der Waals surface area (Å²) in [7, 11) is 0. The first kappa shape index (κ1) is 14.9. The number of rotatable bonds is 2. The van der Waals surface area contributed by atoms with E-state index in [1.54, 1.807) is 17.2 Å². The second-order valence-electron chi connectivity index (χ2n) is 5.83. The van der Waals surface area contributed by atoms with Crippen LogP contribution in [0.15, 0.2) is 34.9 Å². The van der Waals surface area contributed by atoms with Crippen molar-refractivity contribution in [2.75, 3.05) is 25.0 Å². The molecule has 0 saturated carbocycles. The number of nitrogens with zero attached hydrogens (tertiary/aromatic N) is 1. The number of carbonyl (C=O) groups is 1. The maximum Gasteiger partial charge on any atom is 0.321 e. The third-order valence-electron chi connectivity index (χ3n) is 4.20. The van der Waals surface area contributed by atoms with Crippen molar-refractivity contribution in [1.82, 2.24) is 4.90 Å². The van der Waals surface area contributed by atoms with Gasteiger partial charge in [-0.25, -0.2) is 4.79 Å². The number of urea groups is 1. The Morgan fingerprint density at radius 3 is 3.00 bits per heavy atom. The lowest BCUT2D eigenvalue weighted by Crippen LogP contribution is -2.38. The van der Waals surface area contributed by atoms with Crippen molar-refractivity contribution in [1.29, 1.82) is 0 Å². The number of aliphatic hydroxyl groups is 2. The first-order valence-corrected chi connectivity index (χ1v) is 7.46. The zero-order chi connectivity index (χ0) is 15.6. The van der Waals surface area contributed by atoms with Crippen molar-refractivity contribution < 1.29 is 19.4 Å². The highest BCUT2D eigenvalue weighted by molar-refractivity contribution is 5.92. The molecular formula is C16H20N2O4. The summed E-state index contributed by atoms with van der Waals surface area (Å²) in [6.45, 7) is 0.735. The van der Waals surface area contributed by atoms with Gasteiger partial charge in [0.2, 0.25) is 0 Å². The average molecular weight is 304 g/mol. The monoisotopic (exact) mass is 304 g/mol. The van der Waals surface area contributed by atoms with Crippen LogP contribution in [0, 0.1) is 0 Å². The fourth-order valence-electron chi connectivity index (χ4n) is 2.79. The summed E-state index contributed by atoms with van der Waals surface area (Å²) in [5.74, 6) is 0. The van der Waals surface area contributed by atoms with E-state index in [9.17, 15) is 15.0 Å². The zero-order valence-corrected chi connectivity index (χ0v) is 12.3. The van der Waals surface area contributed by atoms with Crippen LogP contribution < -0.4 is 5.32 Å². The lowest BCUT2D eigenvalue weighted by Gasteiger charge is -2.24. The Bertz CT molecular complexity index is 669. The fourth-order valence-corrected chi connectivity index (χ4v) is 2.79. The lowest BCUT2D eigenvalue weighted by atomic mass is 9.96. The van der Waals surface area contributed by atoms with Gasteiger partial charge in [-0.15, -0.1) is 0 Å². The van der Waals surface area contributed by atoms with Crippen LogP contribution in [0.2, 0.25) is 0 Å². The highest BCUT2D eigenvalue weighted by atomic mass is 16.3. The number of hydrogen-bond donors (Lipinski definition) is 3. The maximum atomic E-state index is 12.3. The number of likely N-dealkylation sites (tertiary alicyclic amines) is 1. The number of amides is 2. The molecule has 6 nitrogen and oxygen atoms in total. The Hall–Kier alpha value is -2.05. The predicted molar refractivity (Wildman–Crippen MR) is 82.7 cm³/mol. The smallest absolute Gasteiger partial charge is 0.321 e. The van der Waals surface area contributed by atoms with Crippen LogP contribution in [-0.2, 0) is 0 Å². The minimum atomic E-state index is -1.06. The zero-order valence-electron chi connectivity index (χ0n) is 12.3. The summed E-state index contributed by atoms with van der Waals surface area (Å²) in [5, 5.41) is 23.2. The Labute approximate surface area is 128 Å². The number of nitrogens with one attached hydrogen (secondary N) is 1. The van der Waals surface area contributed by atoms with Gasteiger partial charge in [0.05, 0.1) is 18.5 Å². The summed E-state index contributed by atoms with van der Waals surface area (Å²) in [6.07, 6.45) is 3.18. The highest BCUT2D eigenvalue weighted by Crippen LogP contribution is 2.23. The fraction of sp³-hybridized carbons (Fsp3) is 0.438. The molecule has 1 aliphatic heterocycles. The topological polar surface area (TPSA) is 85.9 Å². The van der Waals surface area contributed by atoms with Gasteiger partial charge in [0, 0.05) is 24.2 Å². The van der Waals surface area contributed by atoms with Crippen molar-refractivity contribution >= 4 is 22.7 Å². The van der Waals surface area contributed by atoms with Gasteiger partial charge in [-0.05, 0) is 43.5 Å². The van der Waals surface area contributed by atoms with Crippen LogP contribution in [0.4, 0.5) is 10.5 Å². The second kappa shape index (κ2) is 5.98. The quantitative estimate of drug-likeness (QED) is 0.793. The van der Waals surface area contributed by atoms with Gasteiger partial charge >= 0.3 is 6.03 Å². The van der Waals surface area contributed by atoms with E-state index < -0.39 is 5.60 Å². The van der Waals surface area contributed by atoms with E-state index in [-0.39, 0.29) is 12.6 Å². The van der Waals surface area contributed by atoms with Crippen molar-refractivity contribution in [2.45, 2.75) is 24.9 Å². The lowest BCUT2D eigenvalue weighted by molar-refractivity contribution is -0.0247. The summed E-state index contributed by atoms with van der Waals surface area (Å²) in [4.78, 5) is 14.0. The molecular weight excluding hydrogens is 284 g/mol. The average Bonchev–Trinajstić information content (AvgIpc) is 2.88. The second-order valence-corrected chi connectivity index (χ2v) is 5.83. The molecule has 1 aromatic carbocycles. The predicted octanol–water partition coefficient (Wildman–Crippen LogP) is 2.17. The third kappa shape index (κ3) is 3.08. The molecule has 0 unspecified atom stereocenters. The molecule has 118 valence electrons. The molecule has 0 spiro atoms. The number of aliphatic hydroxyl groups excluding tert-OH is 1. The first-order chi connectivity index (χ1) is 10.6. The molecule has 1 aromatic heterocycles. The summed E-state index contributed by atoms with van der Waals surface area (Å²) in [6, 6.07) is 7.13. The molecule has 1 atom stereocenters. The number of fused-ring (bicyclic) bond motifs is 1. The number of carbonyl (C=O) groups excluding carboxylic acids is 1. The largest absolute Gasteiger partial charge is 0.464 e. The van der Waals surface area contributed by atoms with Crippen molar-refractivity contribution in [3.05, 3.63) is 30.5 Å². The number of anilines is 1. The van der Waals surface area contributed by atoms with E-state index in [4.69, 9.17) is 4.42 Å². The molecule has 2 heterocycles.